The first-order chi connectivity index (χ1) is 9.30. The topological polar surface area (TPSA) is 38.7 Å². The first kappa shape index (κ1) is 15.7. The Hall–Kier alpha value is -0.640. The van der Waals surface area contributed by atoms with Crippen LogP contribution in [-0.2, 0) is 9.47 Å². The van der Waals surface area contributed by atoms with Crippen molar-refractivity contribution < 1.29 is 14.6 Å². The van der Waals surface area contributed by atoms with E-state index in [9.17, 15) is 5.11 Å². The molecule has 0 bridgehead atoms. The third-order valence-corrected chi connectivity index (χ3v) is 4.23. The summed E-state index contributed by atoms with van der Waals surface area (Å²) in [6, 6.07) is 0. The van der Waals surface area contributed by atoms with Crippen molar-refractivity contribution in [1.82, 2.24) is 0 Å². The van der Waals surface area contributed by atoms with E-state index >= 15 is 0 Å². The fourth-order valence-corrected chi connectivity index (χ4v) is 3.30. The molecule has 2 aliphatic rings. The average molecular weight is 280 g/mol. The van der Waals surface area contributed by atoms with E-state index in [1.807, 2.05) is 13.8 Å². The molecular weight excluding hydrogens is 252 g/mol. The number of aliphatic hydroxyl groups is 1. The summed E-state index contributed by atoms with van der Waals surface area (Å²) in [5, 5.41) is 10.4. The average Bonchev–Trinajstić information content (AvgIpc) is 2.62. The Morgan fingerprint density at radius 2 is 1.85 bits per heavy atom. The molecule has 114 valence electrons. The molecule has 1 saturated heterocycles. The molecule has 1 aliphatic carbocycles. The summed E-state index contributed by atoms with van der Waals surface area (Å²) < 4.78 is 12.0. The Morgan fingerprint density at radius 1 is 1.15 bits per heavy atom. The minimum absolute atomic E-state index is 0.0169. The van der Waals surface area contributed by atoms with Crippen molar-refractivity contribution in [2.75, 3.05) is 0 Å². The molecule has 3 heteroatoms. The van der Waals surface area contributed by atoms with Crippen LogP contribution in [0.15, 0.2) is 23.3 Å². The van der Waals surface area contributed by atoms with Crippen LogP contribution >= 0.6 is 0 Å². The van der Waals surface area contributed by atoms with E-state index in [-0.39, 0.29) is 24.2 Å². The fraction of sp³-hybridized carbons (Fsp3) is 0.765. The van der Waals surface area contributed by atoms with Crippen LogP contribution in [0.25, 0.3) is 0 Å². The second-order valence-corrected chi connectivity index (χ2v) is 6.77. The van der Waals surface area contributed by atoms with Crippen LogP contribution in [-0.4, -0.2) is 29.2 Å². The van der Waals surface area contributed by atoms with E-state index in [1.165, 1.54) is 11.1 Å². The minimum Gasteiger partial charge on any atom is -0.392 e. The van der Waals surface area contributed by atoms with Gasteiger partial charge in [0, 0.05) is 5.92 Å². The zero-order chi connectivity index (χ0) is 14.9. The number of ether oxygens (including phenoxy) is 2. The predicted octanol–water partition coefficient (Wildman–Crippen LogP) is 3.58. The van der Waals surface area contributed by atoms with Gasteiger partial charge in [-0.1, -0.05) is 23.3 Å². The number of hydrogen-bond donors (Lipinski definition) is 1. The second-order valence-electron chi connectivity index (χ2n) is 6.77. The Bertz CT molecular complexity index is 404. The maximum Gasteiger partial charge on any atom is 0.163 e. The molecule has 1 N–H and O–H groups in total. The van der Waals surface area contributed by atoms with Gasteiger partial charge in [0.15, 0.2) is 5.79 Å². The van der Waals surface area contributed by atoms with Crippen LogP contribution in [0.3, 0.4) is 0 Å². The number of fused-ring (bicyclic) bond motifs is 1. The molecule has 0 aromatic rings. The van der Waals surface area contributed by atoms with Gasteiger partial charge >= 0.3 is 0 Å². The van der Waals surface area contributed by atoms with Crippen molar-refractivity contribution in [3.8, 4) is 0 Å². The molecule has 20 heavy (non-hydrogen) atoms. The van der Waals surface area contributed by atoms with Crippen LogP contribution in [0.1, 0.15) is 53.9 Å². The Balaban J connectivity index is 2.13. The van der Waals surface area contributed by atoms with Gasteiger partial charge in [-0.05, 0) is 53.9 Å². The van der Waals surface area contributed by atoms with Crippen molar-refractivity contribution in [2.24, 2.45) is 5.92 Å². The maximum atomic E-state index is 10.4. The molecule has 0 amide bonds. The van der Waals surface area contributed by atoms with Crippen molar-refractivity contribution >= 4 is 0 Å². The largest absolute Gasteiger partial charge is 0.392 e. The standard InChI is InChI=1S/C17H28O3/c1-11(2)7-6-8-12(3)15-13(18)9-10-14-16(15)20-17(4,5)19-14/h7-8,13-16,18H,6,9-10H2,1-5H3/b12-8+/t13-,14+,15+,16+/m0/s1. The van der Waals surface area contributed by atoms with Crippen LogP contribution in [0.4, 0.5) is 0 Å². The molecule has 4 atom stereocenters. The van der Waals surface area contributed by atoms with Gasteiger partial charge in [0.05, 0.1) is 18.3 Å². The van der Waals surface area contributed by atoms with Gasteiger partial charge in [-0.25, -0.2) is 0 Å². The third kappa shape index (κ3) is 3.51. The Morgan fingerprint density at radius 3 is 2.50 bits per heavy atom. The molecule has 0 aromatic heterocycles. The minimum atomic E-state index is -0.530. The molecule has 1 heterocycles. The number of hydrogen-bond acceptors (Lipinski definition) is 3. The molecular formula is C17H28O3. The van der Waals surface area contributed by atoms with Crippen molar-refractivity contribution in [2.45, 2.75) is 78.0 Å². The highest BCUT2D eigenvalue weighted by atomic mass is 16.8. The summed E-state index contributed by atoms with van der Waals surface area (Å²) in [6.07, 6.45) is 6.77. The van der Waals surface area contributed by atoms with Crippen molar-refractivity contribution in [3.63, 3.8) is 0 Å². The summed E-state index contributed by atoms with van der Waals surface area (Å²) in [5.74, 6) is -0.473. The van der Waals surface area contributed by atoms with Gasteiger partial charge in [0.2, 0.25) is 0 Å². The highest BCUT2D eigenvalue weighted by Gasteiger charge is 2.49. The monoisotopic (exact) mass is 280 g/mol. The molecule has 2 rings (SSSR count). The first-order valence-electron chi connectivity index (χ1n) is 7.64. The van der Waals surface area contributed by atoms with Crippen LogP contribution in [0.2, 0.25) is 0 Å². The lowest BCUT2D eigenvalue weighted by Gasteiger charge is -2.36. The SMILES string of the molecule is CC(C)=CC/C=C(\C)[C@H]1[C@@H]2OC(C)(C)O[C@@H]2CC[C@@H]1O. The lowest BCUT2D eigenvalue weighted by molar-refractivity contribution is -0.149. The van der Waals surface area contributed by atoms with Gasteiger partial charge < -0.3 is 14.6 Å². The molecule has 1 saturated carbocycles. The summed E-state index contributed by atoms with van der Waals surface area (Å²) in [7, 11) is 0. The van der Waals surface area contributed by atoms with Crippen LogP contribution in [0, 0.1) is 5.92 Å². The van der Waals surface area contributed by atoms with Gasteiger partial charge in [-0.3, -0.25) is 0 Å². The summed E-state index contributed by atoms with van der Waals surface area (Å²) in [5.41, 5.74) is 2.53. The van der Waals surface area contributed by atoms with E-state index in [2.05, 4.69) is 32.9 Å². The Kier molecular flexibility index (Phi) is 4.73. The van der Waals surface area contributed by atoms with Crippen LogP contribution in [0.5, 0.6) is 0 Å². The Labute approximate surface area is 122 Å². The van der Waals surface area contributed by atoms with E-state index in [4.69, 9.17) is 9.47 Å². The zero-order valence-corrected chi connectivity index (χ0v) is 13.3. The van der Waals surface area contributed by atoms with Crippen molar-refractivity contribution in [3.05, 3.63) is 23.3 Å². The first-order valence-corrected chi connectivity index (χ1v) is 7.64. The number of allylic oxidation sites excluding steroid dienone is 3. The molecule has 0 spiro atoms. The molecule has 0 unspecified atom stereocenters. The van der Waals surface area contributed by atoms with Gasteiger partial charge in [0.25, 0.3) is 0 Å². The van der Waals surface area contributed by atoms with Gasteiger partial charge in [-0.15, -0.1) is 0 Å². The quantitative estimate of drug-likeness (QED) is 0.803. The molecule has 0 radical (unpaired) electrons. The number of rotatable bonds is 3. The smallest absolute Gasteiger partial charge is 0.163 e. The lowest BCUT2D eigenvalue weighted by Crippen LogP contribution is -2.44. The van der Waals surface area contributed by atoms with E-state index < -0.39 is 5.79 Å². The highest BCUT2D eigenvalue weighted by Crippen LogP contribution is 2.42. The van der Waals surface area contributed by atoms with Crippen LogP contribution < -0.4 is 0 Å². The van der Waals surface area contributed by atoms with E-state index in [0.717, 1.165) is 19.3 Å². The summed E-state index contributed by atoms with van der Waals surface area (Å²) in [4.78, 5) is 0. The second kappa shape index (κ2) is 6.00. The van der Waals surface area contributed by atoms with Crippen molar-refractivity contribution in [1.29, 1.82) is 0 Å². The molecule has 2 fully saturated rings. The van der Waals surface area contributed by atoms with Gasteiger partial charge in [0.1, 0.15) is 0 Å². The molecule has 1 aliphatic heterocycles. The number of aliphatic hydroxyl groups excluding tert-OH is 1. The summed E-state index contributed by atoms with van der Waals surface area (Å²) in [6.45, 7) is 10.2. The molecule has 0 aromatic carbocycles. The zero-order valence-electron chi connectivity index (χ0n) is 13.3. The normalized spacial score (nSPS) is 36.6. The maximum absolute atomic E-state index is 10.4. The lowest BCUT2D eigenvalue weighted by atomic mass is 9.78. The van der Waals surface area contributed by atoms with E-state index in [1.54, 1.807) is 0 Å². The highest BCUT2D eigenvalue weighted by molar-refractivity contribution is 5.15. The molecule has 3 nitrogen and oxygen atoms in total. The fourth-order valence-electron chi connectivity index (χ4n) is 3.30. The van der Waals surface area contributed by atoms with E-state index in [0.29, 0.717) is 0 Å². The summed E-state index contributed by atoms with van der Waals surface area (Å²) >= 11 is 0. The third-order valence-electron chi connectivity index (χ3n) is 4.23. The van der Waals surface area contributed by atoms with Gasteiger partial charge in [-0.2, -0.15) is 0 Å². The predicted molar refractivity (Wildman–Crippen MR) is 80.4 cm³/mol.